The van der Waals surface area contributed by atoms with E-state index in [-0.39, 0.29) is 17.5 Å². The van der Waals surface area contributed by atoms with E-state index in [0.29, 0.717) is 19.2 Å². The van der Waals surface area contributed by atoms with E-state index in [4.69, 9.17) is 21.1 Å². The van der Waals surface area contributed by atoms with Gasteiger partial charge in [0.05, 0.1) is 29.4 Å². The molecular weight excluding hydrogens is 574 g/mol. The van der Waals surface area contributed by atoms with Gasteiger partial charge in [-0.15, -0.1) is 11.3 Å². The molecule has 0 amide bonds. The van der Waals surface area contributed by atoms with E-state index in [2.05, 4.69) is 30.1 Å². The molecule has 3 atom stereocenters. The number of thioether (sulfide) groups is 1. The Hall–Kier alpha value is -0.620. The number of sulfone groups is 1. The molecule has 1 fully saturated rings. The van der Waals surface area contributed by atoms with Crippen LogP contribution in [0.25, 0.3) is 0 Å². The van der Waals surface area contributed by atoms with Crippen LogP contribution in [0.2, 0.25) is 4.34 Å². The fourth-order valence-corrected chi connectivity index (χ4v) is 7.08. The summed E-state index contributed by atoms with van der Waals surface area (Å²) >= 11 is 9.87. The largest absolute Gasteiger partial charge is 0.374 e. The molecule has 4 heterocycles. The lowest BCUT2D eigenvalue weighted by atomic mass is 9.81. The van der Waals surface area contributed by atoms with Crippen LogP contribution in [0.3, 0.4) is 0 Å². The van der Waals surface area contributed by atoms with Gasteiger partial charge < -0.3 is 9.47 Å². The van der Waals surface area contributed by atoms with Crippen LogP contribution >= 0.6 is 34.7 Å². The van der Waals surface area contributed by atoms with Crippen molar-refractivity contribution in [3.8, 4) is 0 Å². The fraction of sp³-hybridized carbons (Fsp3) is 0.750. The van der Waals surface area contributed by atoms with Crippen LogP contribution in [0, 0.1) is 0 Å². The maximum absolute atomic E-state index is 11.4. The normalized spacial score (nSPS) is 22.5. The van der Waals surface area contributed by atoms with Crippen molar-refractivity contribution in [1.82, 2.24) is 14.7 Å². The first-order chi connectivity index (χ1) is 18.6. The summed E-state index contributed by atoms with van der Waals surface area (Å²) < 4.78 is 37.2. The number of aryl methyl sites for hydroxylation is 1. The Bertz CT molecular complexity index is 1060. The summed E-state index contributed by atoms with van der Waals surface area (Å²) in [5, 5.41) is 4.32. The summed E-state index contributed by atoms with van der Waals surface area (Å²) in [6.07, 6.45) is 10.2. The third kappa shape index (κ3) is 10.9. The molecule has 2 aromatic rings. The van der Waals surface area contributed by atoms with Gasteiger partial charge in [0.2, 0.25) is 0 Å². The molecule has 11 heteroatoms. The Labute approximate surface area is 250 Å². The summed E-state index contributed by atoms with van der Waals surface area (Å²) in [7, 11) is -1.29. The van der Waals surface area contributed by atoms with Crippen LogP contribution in [0.4, 0.5) is 0 Å². The molecule has 0 saturated carbocycles. The maximum atomic E-state index is 11.4. The number of fused-ring (bicyclic) bond motifs is 2. The Morgan fingerprint density at radius 1 is 1.31 bits per heavy atom. The molecule has 0 radical (unpaired) electrons. The number of hydrogen-bond acceptors (Lipinski definition) is 8. The van der Waals surface area contributed by atoms with Gasteiger partial charge in [-0.1, -0.05) is 46.2 Å². The highest BCUT2D eigenvalue weighted by Gasteiger charge is 2.47. The van der Waals surface area contributed by atoms with Gasteiger partial charge in [0.25, 0.3) is 0 Å². The highest BCUT2D eigenvalue weighted by atomic mass is 35.5. The lowest BCUT2D eigenvalue weighted by molar-refractivity contribution is -0.144. The highest BCUT2D eigenvalue weighted by Crippen LogP contribution is 2.50. The molecule has 4 rings (SSSR count). The Morgan fingerprint density at radius 2 is 2.00 bits per heavy atom. The average Bonchev–Trinajstić information content (AvgIpc) is 3.54. The lowest BCUT2D eigenvalue weighted by Crippen LogP contribution is -2.50. The minimum atomic E-state index is -3.00. The number of likely N-dealkylation sites (tertiary alicyclic amines) is 1. The Kier molecular flexibility index (Phi) is 16.8. The zero-order chi connectivity index (χ0) is 29.6. The second kappa shape index (κ2) is 18.0. The number of ether oxygens (including phenoxy) is 2. The number of halogens is 1. The highest BCUT2D eigenvalue weighted by molar-refractivity contribution is 7.98. The molecule has 0 N–H and O–H groups in total. The number of aromatic nitrogens is 2. The maximum Gasteiger partial charge on any atom is 0.149 e. The minimum absolute atomic E-state index is 0.0551. The van der Waals surface area contributed by atoms with E-state index < -0.39 is 9.84 Å². The SMILES string of the molecule is CC.CC.CCCSC.COC1COC2(CCN(Cc3cnn(CCS(C)(=O)=O)c3)[C@@H](C)C2)c2sc(Cl)cc21. The van der Waals surface area contributed by atoms with E-state index in [9.17, 15) is 8.42 Å². The van der Waals surface area contributed by atoms with Crippen molar-refractivity contribution in [2.45, 2.75) is 91.6 Å². The number of rotatable bonds is 8. The van der Waals surface area contributed by atoms with Crippen molar-refractivity contribution >= 4 is 44.5 Å². The van der Waals surface area contributed by atoms with Gasteiger partial charge in [0.1, 0.15) is 21.5 Å². The van der Waals surface area contributed by atoms with E-state index in [1.807, 2.05) is 57.9 Å². The third-order valence-corrected chi connectivity index (χ3v) is 9.72. The quantitative estimate of drug-likeness (QED) is 0.312. The van der Waals surface area contributed by atoms with Crippen LogP contribution in [0.15, 0.2) is 18.5 Å². The molecule has 39 heavy (non-hydrogen) atoms. The molecule has 0 bridgehead atoms. The summed E-state index contributed by atoms with van der Waals surface area (Å²) in [5.41, 5.74) is 1.97. The zero-order valence-electron chi connectivity index (χ0n) is 25.3. The third-order valence-electron chi connectivity index (χ3n) is 6.51. The molecule has 2 unspecified atom stereocenters. The predicted octanol–water partition coefficient (Wildman–Crippen LogP) is 7.05. The zero-order valence-corrected chi connectivity index (χ0v) is 28.5. The van der Waals surface area contributed by atoms with Gasteiger partial charge in [-0.3, -0.25) is 9.58 Å². The molecule has 226 valence electrons. The predicted molar refractivity (Wildman–Crippen MR) is 169 cm³/mol. The van der Waals surface area contributed by atoms with Crippen LogP contribution in [0.5, 0.6) is 0 Å². The summed E-state index contributed by atoms with van der Waals surface area (Å²) in [6, 6.07) is 2.35. The first kappa shape index (κ1) is 36.4. The van der Waals surface area contributed by atoms with Crippen molar-refractivity contribution in [2.24, 2.45) is 0 Å². The first-order valence-corrected chi connectivity index (χ1v) is 18.6. The van der Waals surface area contributed by atoms with Crippen molar-refractivity contribution in [2.75, 3.05) is 44.3 Å². The number of piperidine rings is 1. The summed E-state index contributed by atoms with van der Waals surface area (Å²) in [4.78, 5) is 3.65. The second-order valence-electron chi connectivity index (χ2n) is 9.37. The van der Waals surface area contributed by atoms with E-state index in [0.717, 1.165) is 35.8 Å². The monoisotopic (exact) mass is 623 g/mol. The molecule has 2 aliphatic rings. The second-order valence-corrected chi connectivity index (χ2v) is 14.3. The molecule has 7 nitrogen and oxygen atoms in total. The van der Waals surface area contributed by atoms with Crippen molar-refractivity contribution < 1.29 is 17.9 Å². The molecule has 2 aliphatic heterocycles. The average molecular weight is 624 g/mol. The first-order valence-electron chi connectivity index (χ1n) is 14.0. The van der Waals surface area contributed by atoms with Gasteiger partial charge in [-0.05, 0) is 44.3 Å². The molecule has 1 spiro atoms. The van der Waals surface area contributed by atoms with Crippen LogP contribution in [-0.2, 0) is 38.0 Å². The Morgan fingerprint density at radius 3 is 2.54 bits per heavy atom. The van der Waals surface area contributed by atoms with E-state index in [1.54, 1.807) is 23.1 Å². The molecule has 1 saturated heterocycles. The van der Waals surface area contributed by atoms with Gasteiger partial charge in [0.15, 0.2) is 0 Å². The minimum Gasteiger partial charge on any atom is -0.374 e. The van der Waals surface area contributed by atoms with Gasteiger partial charge in [0, 0.05) is 54.7 Å². The Balaban J connectivity index is 0.000000748. The van der Waals surface area contributed by atoms with Crippen LogP contribution in [0.1, 0.15) is 82.9 Å². The lowest BCUT2D eigenvalue weighted by Gasteiger charge is -2.48. The summed E-state index contributed by atoms with van der Waals surface area (Å²) in [6.45, 7) is 15.0. The number of nitrogens with zero attached hydrogens (tertiary/aromatic N) is 3. The standard InChI is InChI=1S/C20H28ClN3O4S2.C4H10S.2C2H6/c1-14-9-20(19-16(8-18(21)29-19)17(27-2)13-28-20)4-5-23(14)11-15-10-22-24(12-15)6-7-30(3,25)26;1-3-4-5-2;2*1-2/h8,10,12,14,17H,4-7,9,11,13H2,1-3H3;3-4H2,1-2H3;2*1-2H3/t14-,17?,20?;;;/m0.../s1. The van der Waals surface area contributed by atoms with Crippen molar-refractivity contribution in [3.63, 3.8) is 0 Å². The topological polar surface area (TPSA) is 73.7 Å². The molecule has 0 aliphatic carbocycles. The molecule has 0 aromatic carbocycles. The number of thiophene rings is 1. The molecular formula is C28H50ClN3O4S3. The van der Waals surface area contributed by atoms with Gasteiger partial charge in [-0.2, -0.15) is 16.9 Å². The number of hydrogen-bond donors (Lipinski definition) is 0. The van der Waals surface area contributed by atoms with Crippen LogP contribution < -0.4 is 0 Å². The van der Waals surface area contributed by atoms with Gasteiger partial charge in [-0.25, -0.2) is 8.42 Å². The van der Waals surface area contributed by atoms with Crippen molar-refractivity contribution in [3.05, 3.63) is 38.8 Å². The summed E-state index contributed by atoms with van der Waals surface area (Å²) in [5.74, 6) is 1.41. The fourth-order valence-electron chi connectivity index (χ4n) is 4.69. The molecule has 2 aromatic heterocycles. The van der Waals surface area contributed by atoms with Crippen LogP contribution in [-0.4, -0.2) is 73.4 Å². The van der Waals surface area contributed by atoms with Gasteiger partial charge >= 0.3 is 0 Å². The van der Waals surface area contributed by atoms with Crippen molar-refractivity contribution in [1.29, 1.82) is 0 Å². The number of methoxy groups -OCH3 is 1. The van der Waals surface area contributed by atoms with E-state index in [1.165, 1.54) is 28.9 Å². The van der Waals surface area contributed by atoms with E-state index >= 15 is 0 Å². The smallest absolute Gasteiger partial charge is 0.149 e.